The summed E-state index contributed by atoms with van der Waals surface area (Å²) in [5.41, 5.74) is 0.294. The van der Waals surface area contributed by atoms with E-state index in [1.165, 1.54) is 0 Å². The maximum Gasteiger partial charge on any atom is 0.408 e. The SMILES string of the molecule is N#CCNC(=O)[C@H](Cc1c(F)cc(Cl)cc1F)NC(=O)OCc1ccccc1. The molecule has 2 aromatic carbocycles. The highest BCUT2D eigenvalue weighted by molar-refractivity contribution is 6.30. The summed E-state index contributed by atoms with van der Waals surface area (Å²) in [6.45, 7) is -0.384. The zero-order valence-corrected chi connectivity index (χ0v) is 15.3. The molecule has 146 valence electrons. The number of hydrogen-bond acceptors (Lipinski definition) is 4. The van der Waals surface area contributed by atoms with Crippen LogP contribution in [0, 0.1) is 23.0 Å². The van der Waals surface area contributed by atoms with Crippen LogP contribution < -0.4 is 10.6 Å². The molecular weight excluding hydrogens is 392 g/mol. The Bertz CT molecular complexity index is 865. The van der Waals surface area contributed by atoms with Crippen molar-refractivity contribution < 1.29 is 23.1 Å². The van der Waals surface area contributed by atoms with Crippen molar-refractivity contribution in [2.45, 2.75) is 19.1 Å². The van der Waals surface area contributed by atoms with Crippen LogP contribution in [0.3, 0.4) is 0 Å². The molecule has 0 aliphatic rings. The monoisotopic (exact) mass is 407 g/mol. The average molecular weight is 408 g/mol. The maximum absolute atomic E-state index is 14.0. The molecule has 0 aromatic heterocycles. The van der Waals surface area contributed by atoms with Gasteiger partial charge in [0.2, 0.25) is 5.91 Å². The fourth-order valence-electron chi connectivity index (χ4n) is 2.34. The molecular formula is C19H16ClF2N3O3. The van der Waals surface area contributed by atoms with Gasteiger partial charge in [-0.15, -0.1) is 0 Å². The van der Waals surface area contributed by atoms with Crippen molar-refractivity contribution >= 4 is 23.6 Å². The first kappa shape index (κ1) is 21.1. The van der Waals surface area contributed by atoms with E-state index in [4.69, 9.17) is 21.6 Å². The first-order valence-corrected chi connectivity index (χ1v) is 8.53. The molecule has 28 heavy (non-hydrogen) atoms. The predicted molar refractivity (Wildman–Crippen MR) is 97.2 cm³/mol. The highest BCUT2D eigenvalue weighted by Crippen LogP contribution is 2.20. The van der Waals surface area contributed by atoms with E-state index in [-0.39, 0.29) is 18.2 Å². The van der Waals surface area contributed by atoms with E-state index in [1.54, 1.807) is 36.4 Å². The summed E-state index contributed by atoms with van der Waals surface area (Å²) in [5.74, 6) is -2.70. The Hall–Kier alpha value is -3.18. The molecule has 0 bridgehead atoms. The molecule has 2 amide bonds. The topological polar surface area (TPSA) is 91.2 Å². The lowest BCUT2D eigenvalue weighted by Gasteiger charge is -2.18. The molecule has 0 saturated heterocycles. The number of nitriles is 1. The summed E-state index contributed by atoms with van der Waals surface area (Å²) in [6, 6.07) is 11.0. The first-order chi connectivity index (χ1) is 13.4. The maximum atomic E-state index is 14.0. The van der Waals surface area contributed by atoms with E-state index in [0.29, 0.717) is 0 Å². The predicted octanol–water partition coefficient (Wildman–Crippen LogP) is 3.10. The third kappa shape index (κ3) is 6.21. The lowest BCUT2D eigenvalue weighted by molar-refractivity contribution is -0.122. The minimum atomic E-state index is -1.36. The molecule has 2 aromatic rings. The van der Waals surface area contributed by atoms with Gasteiger partial charge in [-0.2, -0.15) is 5.26 Å². The number of amides is 2. The second-order valence-electron chi connectivity index (χ2n) is 5.69. The second kappa shape index (κ2) is 10.2. The Morgan fingerprint density at radius 2 is 1.82 bits per heavy atom. The van der Waals surface area contributed by atoms with E-state index in [1.807, 2.05) is 0 Å². The average Bonchev–Trinajstić information content (AvgIpc) is 2.67. The Morgan fingerprint density at radius 3 is 2.43 bits per heavy atom. The van der Waals surface area contributed by atoms with Crippen LogP contribution >= 0.6 is 11.6 Å². The van der Waals surface area contributed by atoms with Gasteiger partial charge in [0, 0.05) is 17.0 Å². The van der Waals surface area contributed by atoms with Gasteiger partial charge in [-0.3, -0.25) is 4.79 Å². The number of carbonyl (C=O) groups excluding carboxylic acids is 2. The molecule has 0 aliphatic heterocycles. The Labute approximate surface area is 165 Å². The van der Waals surface area contributed by atoms with Crippen LogP contribution in [0.15, 0.2) is 42.5 Å². The van der Waals surface area contributed by atoms with Gasteiger partial charge < -0.3 is 15.4 Å². The van der Waals surface area contributed by atoms with Gasteiger partial charge >= 0.3 is 6.09 Å². The van der Waals surface area contributed by atoms with Gasteiger partial charge in [0.25, 0.3) is 0 Å². The summed E-state index contributed by atoms with van der Waals surface area (Å²) in [5, 5.41) is 13.0. The summed E-state index contributed by atoms with van der Waals surface area (Å²) >= 11 is 5.59. The number of nitrogens with zero attached hydrogens (tertiary/aromatic N) is 1. The van der Waals surface area contributed by atoms with Gasteiger partial charge in [-0.05, 0) is 17.7 Å². The normalized spacial score (nSPS) is 11.2. The standard InChI is InChI=1S/C19H16ClF2N3O3/c20-13-8-15(21)14(16(22)9-13)10-17(18(26)24-7-6-23)25-19(27)28-11-12-4-2-1-3-5-12/h1-5,8-9,17H,7,10-11H2,(H,24,26)(H,25,27)/t17-/m0/s1. The minimum absolute atomic E-state index is 0.0527. The number of rotatable bonds is 7. The van der Waals surface area contributed by atoms with Crippen LogP contribution in [0.5, 0.6) is 0 Å². The van der Waals surface area contributed by atoms with Gasteiger partial charge in [0.1, 0.15) is 30.8 Å². The molecule has 0 radical (unpaired) electrons. The van der Waals surface area contributed by atoms with Crippen molar-refractivity contribution in [3.8, 4) is 6.07 Å². The minimum Gasteiger partial charge on any atom is -0.445 e. The highest BCUT2D eigenvalue weighted by atomic mass is 35.5. The Balaban J connectivity index is 2.10. The second-order valence-corrected chi connectivity index (χ2v) is 6.12. The summed E-state index contributed by atoms with van der Waals surface area (Å²) in [4.78, 5) is 24.2. The summed E-state index contributed by atoms with van der Waals surface area (Å²) in [7, 11) is 0. The van der Waals surface area contributed by atoms with Crippen molar-refractivity contribution in [3.63, 3.8) is 0 Å². The van der Waals surface area contributed by atoms with E-state index in [2.05, 4.69) is 10.6 Å². The third-order valence-electron chi connectivity index (χ3n) is 3.68. The van der Waals surface area contributed by atoms with Gasteiger partial charge in [0.05, 0.1) is 6.07 Å². The number of nitrogens with one attached hydrogen (secondary N) is 2. The summed E-state index contributed by atoms with van der Waals surface area (Å²) < 4.78 is 33.1. The number of alkyl carbamates (subject to hydrolysis) is 1. The molecule has 2 rings (SSSR count). The largest absolute Gasteiger partial charge is 0.445 e. The van der Waals surface area contributed by atoms with Crippen LogP contribution in [0.25, 0.3) is 0 Å². The van der Waals surface area contributed by atoms with Crippen LogP contribution in [-0.4, -0.2) is 24.6 Å². The number of hydrogen-bond donors (Lipinski definition) is 2. The zero-order chi connectivity index (χ0) is 20.5. The van der Waals surface area contributed by atoms with Gasteiger partial charge in [-0.1, -0.05) is 41.9 Å². The number of ether oxygens (including phenoxy) is 1. The van der Waals surface area contributed by atoms with E-state index < -0.39 is 41.7 Å². The quantitative estimate of drug-likeness (QED) is 0.690. The Kier molecular flexibility index (Phi) is 7.72. The number of carbonyl (C=O) groups is 2. The van der Waals surface area contributed by atoms with Crippen molar-refractivity contribution in [3.05, 3.63) is 70.2 Å². The Morgan fingerprint density at radius 1 is 1.18 bits per heavy atom. The van der Waals surface area contributed by atoms with Crippen LogP contribution in [0.1, 0.15) is 11.1 Å². The smallest absolute Gasteiger partial charge is 0.408 e. The van der Waals surface area contributed by atoms with Crippen molar-refractivity contribution in [2.75, 3.05) is 6.54 Å². The molecule has 0 heterocycles. The van der Waals surface area contributed by atoms with E-state index in [0.717, 1.165) is 17.7 Å². The molecule has 1 atom stereocenters. The van der Waals surface area contributed by atoms with Crippen molar-refractivity contribution in [1.82, 2.24) is 10.6 Å². The molecule has 6 nitrogen and oxygen atoms in total. The molecule has 0 fully saturated rings. The fourth-order valence-corrected chi connectivity index (χ4v) is 2.53. The lowest BCUT2D eigenvalue weighted by atomic mass is 10.0. The molecule has 0 aliphatic carbocycles. The summed E-state index contributed by atoms with van der Waals surface area (Å²) in [6.07, 6.45) is -1.44. The lowest BCUT2D eigenvalue weighted by Crippen LogP contribution is -2.48. The molecule has 0 saturated carbocycles. The first-order valence-electron chi connectivity index (χ1n) is 8.16. The molecule has 0 unspecified atom stereocenters. The number of halogens is 3. The fraction of sp³-hybridized carbons (Fsp3) is 0.211. The molecule has 2 N–H and O–H groups in total. The van der Waals surface area contributed by atoms with Gasteiger partial charge in [0.15, 0.2) is 0 Å². The zero-order valence-electron chi connectivity index (χ0n) is 14.5. The number of benzene rings is 2. The van der Waals surface area contributed by atoms with Crippen LogP contribution in [0.4, 0.5) is 13.6 Å². The van der Waals surface area contributed by atoms with E-state index >= 15 is 0 Å². The van der Waals surface area contributed by atoms with Crippen LogP contribution in [-0.2, 0) is 22.6 Å². The van der Waals surface area contributed by atoms with Crippen molar-refractivity contribution in [2.24, 2.45) is 0 Å². The van der Waals surface area contributed by atoms with Crippen molar-refractivity contribution in [1.29, 1.82) is 5.26 Å². The van der Waals surface area contributed by atoms with Gasteiger partial charge in [-0.25, -0.2) is 13.6 Å². The molecule has 9 heteroatoms. The third-order valence-corrected chi connectivity index (χ3v) is 3.90. The highest BCUT2D eigenvalue weighted by Gasteiger charge is 2.25. The molecule has 0 spiro atoms. The van der Waals surface area contributed by atoms with E-state index in [9.17, 15) is 18.4 Å². The van der Waals surface area contributed by atoms with Crippen LogP contribution in [0.2, 0.25) is 5.02 Å².